The lowest BCUT2D eigenvalue weighted by molar-refractivity contribution is -0.378. The van der Waals surface area contributed by atoms with Crippen molar-refractivity contribution in [3.8, 4) is 23.0 Å². The predicted octanol–water partition coefficient (Wildman–Crippen LogP) is 2.35. The molecule has 0 aliphatic carbocycles. The Morgan fingerprint density at radius 1 is 1.00 bits per heavy atom. The van der Waals surface area contributed by atoms with Gasteiger partial charge in [0.05, 0.1) is 40.5 Å². The quantitative estimate of drug-likeness (QED) is 0.250. The topological polar surface area (TPSA) is 112 Å². The summed E-state index contributed by atoms with van der Waals surface area (Å²) < 4.78 is 21.9. The molecule has 1 atom stereocenters. The van der Waals surface area contributed by atoms with Gasteiger partial charge in [-0.25, -0.2) is 4.98 Å². The molecular formula is C28H28N2O7. The fraction of sp³-hybridized carbons (Fsp3) is 0.250. The largest absolute Gasteiger partial charge is 0.872 e. The van der Waals surface area contributed by atoms with E-state index < -0.39 is 23.5 Å². The summed E-state index contributed by atoms with van der Waals surface area (Å²) in [6.45, 7) is 2.44. The van der Waals surface area contributed by atoms with Gasteiger partial charge in [0.25, 0.3) is 5.91 Å². The molecule has 1 amide bonds. The highest BCUT2D eigenvalue weighted by Crippen LogP contribution is 2.45. The van der Waals surface area contributed by atoms with Crippen molar-refractivity contribution in [2.75, 3.05) is 27.9 Å². The molecule has 0 spiro atoms. The van der Waals surface area contributed by atoms with Gasteiger partial charge < -0.3 is 29.0 Å². The van der Waals surface area contributed by atoms with Crippen LogP contribution in [-0.4, -0.2) is 44.5 Å². The van der Waals surface area contributed by atoms with Gasteiger partial charge in [-0.2, -0.15) is 0 Å². The lowest BCUT2D eigenvalue weighted by Crippen LogP contribution is -2.29. The molecule has 1 aliphatic heterocycles. The number of aromatic amines is 1. The molecule has 9 heteroatoms. The number of pyridine rings is 1. The summed E-state index contributed by atoms with van der Waals surface area (Å²) in [5.74, 6) is -0.528. The van der Waals surface area contributed by atoms with Gasteiger partial charge in [0.1, 0.15) is 5.75 Å². The number of H-pyrrole nitrogens is 1. The van der Waals surface area contributed by atoms with Gasteiger partial charge in [-0.1, -0.05) is 17.9 Å². The van der Waals surface area contributed by atoms with Crippen molar-refractivity contribution in [2.45, 2.75) is 19.5 Å². The Morgan fingerprint density at radius 3 is 2.22 bits per heavy atom. The number of hydrogen-bond donors (Lipinski definition) is 0. The summed E-state index contributed by atoms with van der Waals surface area (Å²) in [6.07, 6.45) is 3.47. The lowest BCUT2D eigenvalue weighted by Gasteiger charge is -2.28. The molecule has 2 aromatic carbocycles. The van der Waals surface area contributed by atoms with Gasteiger partial charge >= 0.3 is 0 Å². The molecular weight excluding hydrogens is 476 g/mol. The number of Topliss-reactive ketones (excluding diaryl/α,β-unsaturated/α-hetero) is 1. The first-order valence-corrected chi connectivity index (χ1v) is 11.7. The third-order valence-electron chi connectivity index (χ3n) is 6.08. The van der Waals surface area contributed by atoms with E-state index >= 15 is 0 Å². The number of methoxy groups -OCH3 is 3. The van der Waals surface area contributed by atoms with E-state index in [1.54, 1.807) is 54.9 Å². The maximum Gasteiger partial charge on any atom is 0.295 e. The zero-order valence-corrected chi connectivity index (χ0v) is 21.1. The summed E-state index contributed by atoms with van der Waals surface area (Å²) in [5, 5.41) is 13.7. The first-order chi connectivity index (χ1) is 17.9. The number of nitrogens with zero attached hydrogens (tertiary/aromatic N) is 1. The van der Waals surface area contributed by atoms with Gasteiger partial charge in [0, 0.05) is 17.2 Å². The summed E-state index contributed by atoms with van der Waals surface area (Å²) in [4.78, 5) is 31.0. The fourth-order valence-electron chi connectivity index (χ4n) is 4.39. The predicted molar refractivity (Wildman–Crippen MR) is 132 cm³/mol. The van der Waals surface area contributed by atoms with Crippen molar-refractivity contribution in [3.05, 3.63) is 83.2 Å². The van der Waals surface area contributed by atoms with Crippen LogP contribution in [0.25, 0.3) is 5.76 Å². The molecule has 4 rings (SSSR count). The number of nitrogens with one attached hydrogen (secondary N) is 1. The standard InChI is InChI=1S/C28H28N2O7/c1-5-37-20-10-8-18(9-11-20)25(31)23-24(19-13-21(34-2)27(36-4)22(14-19)35-3)30(28(33)26(23)32)16-17-7-6-12-29-15-17/h6-15,24,31H,5,16H2,1-4H3/b25-23+. The average molecular weight is 505 g/mol. The van der Waals surface area contributed by atoms with E-state index in [2.05, 4.69) is 4.98 Å². The van der Waals surface area contributed by atoms with Crippen LogP contribution in [0.15, 0.2) is 66.5 Å². The van der Waals surface area contributed by atoms with Crippen LogP contribution in [0.1, 0.15) is 29.7 Å². The smallest absolute Gasteiger partial charge is 0.295 e. The molecule has 0 bridgehead atoms. The second kappa shape index (κ2) is 11.0. The molecule has 3 aromatic rings. The number of carbonyl (C=O) groups is 2. The Hall–Kier alpha value is -4.53. The van der Waals surface area contributed by atoms with Crippen LogP contribution in [0.5, 0.6) is 23.0 Å². The number of aromatic nitrogens is 1. The summed E-state index contributed by atoms with van der Waals surface area (Å²) in [7, 11) is 4.42. The van der Waals surface area contributed by atoms with E-state index in [1.807, 2.05) is 13.0 Å². The third kappa shape index (κ3) is 4.93. The number of rotatable bonds is 9. The molecule has 1 aliphatic rings. The SMILES string of the molecule is CCOc1ccc(/C([O-])=C2\C(=O)C(=O)N(Cc3ccc[nH+]c3)C2c2cc(OC)c(OC)c(OC)c2)cc1. The Labute approximate surface area is 214 Å². The van der Waals surface area contributed by atoms with Crippen molar-refractivity contribution in [2.24, 2.45) is 0 Å². The van der Waals surface area contributed by atoms with E-state index in [0.717, 1.165) is 5.56 Å². The molecule has 37 heavy (non-hydrogen) atoms. The number of hydrogen-bond acceptors (Lipinski definition) is 7. The monoisotopic (exact) mass is 504 g/mol. The number of ether oxygens (including phenoxy) is 4. The normalized spacial score (nSPS) is 16.5. The number of amides is 1. The fourth-order valence-corrected chi connectivity index (χ4v) is 4.39. The first-order valence-electron chi connectivity index (χ1n) is 11.7. The highest BCUT2D eigenvalue weighted by atomic mass is 16.5. The second-order valence-electron chi connectivity index (χ2n) is 8.24. The Bertz CT molecular complexity index is 1300. The van der Waals surface area contributed by atoms with Crippen molar-refractivity contribution < 1.29 is 38.6 Å². The highest BCUT2D eigenvalue weighted by Gasteiger charge is 2.45. The maximum atomic E-state index is 13.7. The number of likely N-dealkylation sites (tertiary alicyclic amines) is 1. The van der Waals surface area contributed by atoms with Gasteiger partial charge in [0.15, 0.2) is 23.9 Å². The van der Waals surface area contributed by atoms with Crippen molar-refractivity contribution in [1.82, 2.24) is 4.90 Å². The molecule has 9 nitrogen and oxygen atoms in total. The van der Waals surface area contributed by atoms with E-state index in [9.17, 15) is 14.7 Å². The van der Waals surface area contributed by atoms with E-state index in [1.165, 1.54) is 26.2 Å². The van der Waals surface area contributed by atoms with E-state index in [4.69, 9.17) is 18.9 Å². The zero-order chi connectivity index (χ0) is 26.5. The molecule has 0 saturated carbocycles. The minimum absolute atomic E-state index is 0.100. The van der Waals surface area contributed by atoms with Crippen LogP contribution in [0.3, 0.4) is 0 Å². The van der Waals surface area contributed by atoms with Crippen molar-refractivity contribution in [3.63, 3.8) is 0 Å². The van der Waals surface area contributed by atoms with E-state index in [0.29, 0.717) is 35.2 Å². The van der Waals surface area contributed by atoms with E-state index in [-0.39, 0.29) is 17.7 Å². The summed E-state index contributed by atoms with van der Waals surface area (Å²) >= 11 is 0. The molecule has 0 radical (unpaired) electrons. The maximum absolute atomic E-state index is 13.7. The van der Waals surface area contributed by atoms with Crippen LogP contribution in [0.4, 0.5) is 0 Å². The summed E-state index contributed by atoms with van der Waals surface area (Å²) in [5.41, 5.74) is 1.36. The van der Waals surface area contributed by atoms with Crippen molar-refractivity contribution >= 4 is 17.4 Å². The number of ketones is 1. The lowest BCUT2D eigenvalue weighted by atomic mass is 9.94. The highest BCUT2D eigenvalue weighted by molar-refractivity contribution is 6.46. The first kappa shape index (κ1) is 25.6. The minimum Gasteiger partial charge on any atom is -0.872 e. The molecule has 192 valence electrons. The number of carbonyl (C=O) groups excluding carboxylic acids is 2. The molecule has 1 saturated heterocycles. The zero-order valence-electron chi connectivity index (χ0n) is 21.1. The van der Waals surface area contributed by atoms with Crippen LogP contribution >= 0.6 is 0 Å². The Kier molecular flexibility index (Phi) is 7.62. The van der Waals surface area contributed by atoms with Crippen molar-refractivity contribution in [1.29, 1.82) is 0 Å². The van der Waals surface area contributed by atoms with Gasteiger partial charge in [-0.3, -0.25) is 9.59 Å². The van der Waals surface area contributed by atoms with Gasteiger partial charge in [0.2, 0.25) is 11.5 Å². The Morgan fingerprint density at radius 2 is 1.68 bits per heavy atom. The molecule has 2 heterocycles. The molecule has 1 unspecified atom stereocenters. The van der Waals surface area contributed by atoms with Crippen LogP contribution in [-0.2, 0) is 16.1 Å². The Balaban J connectivity index is 1.91. The summed E-state index contributed by atoms with van der Waals surface area (Å²) in [6, 6.07) is 12.4. The second-order valence-corrected chi connectivity index (χ2v) is 8.24. The third-order valence-corrected chi connectivity index (χ3v) is 6.08. The molecule has 1 aromatic heterocycles. The van der Waals surface area contributed by atoms with Crippen LogP contribution < -0.4 is 29.0 Å². The average Bonchev–Trinajstić information content (AvgIpc) is 3.17. The molecule has 1 fully saturated rings. The molecule has 1 N–H and O–H groups in total. The van der Waals surface area contributed by atoms with Gasteiger partial charge in [-0.05, 0) is 48.4 Å². The van der Waals surface area contributed by atoms with Crippen LogP contribution in [0.2, 0.25) is 0 Å². The van der Waals surface area contributed by atoms with Gasteiger partial charge in [-0.15, -0.1) is 0 Å². The minimum atomic E-state index is -0.979. The van der Waals surface area contributed by atoms with Crippen LogP contribution in [0, 0.1) is 0 Å². The number of benzene rings is 2.